The third-order valence-corrected chi connectivity index (χ3v) is 2.66. The van der Waals surface area contributed by atoms with Crippen LogP contribution >= 0.6 is 0 Å². The van der Waals surface area contributed by atoms with Crippen LogP contribution in [0.1, 0.15) is 40.0 Å². The maximum absolute atomic E-state index is 11.1. The van der Waals surface area contributed by atoms with Crippen LogP contribution in [0.15, 0.2) is 0 Å². The third kappa shape index (κ3) is 2.84. The van der Waals surface area contributed by atoms with Crippen molar-refractivity contribution < 1.29 is 4.79 Å². The van der Waals surface area contributed by atoms with Crippen molar-refractivity contribution in [2.75, 3.05) is 6.54 Å². The maximum Gasteiger partial charge on any atom is 0.222 e. The average molecular weight is 169 g/mol. The fourth-order valence-electron chi connectivity index (χ4n) is 1.15. The van der Waals surface area contributed by atoms with Crippen LogP contribution in [0, 0.1) is 11.3 Å². The van der Waals surface area contributed by atoms with E-state index in [1.54, 1.807) is 0 Å². The summed E-state index contributed by atoms with van der Waals surface area (Å²) in [6.45, 7) is 6.99. The van der Waals surface area contributed by atoms with E-state index in [0.717, 1.165) is 13.0 Å². The molecule has 0 aromatic heterocycles. The van der Waals surface area contributed by atoms with Gasteiger partial charge in [0.25, 0.3) is 0 Å². The predicted molar refractivity (Wildman–Crippen MR) is 49.8 cm³/mol. The van der Waals surface area contributed by atoms with E-state index in [9.17, 15) is 4.79 Å². The lowest BCUT2D eigenvalue weighted by molar-refractivity contribution is -0.124. The molecule has 0 aromatic carbocycles. The van der Waals surface area contributed by atoms with E-state index >= 15 is 0 Å². The average Bonchev–Trinajstić information content (AvgIpc) is 2.68. The highest BCUT2D eigenvalue weighted by Gasteiger charge is 2.36. The molecule has 1 saturated carbocycles. The quantitative estimate of drug-likeness (QED) is 0.684. The Bertz CT molecular complexity index is 171. The van der Waals surface area contributed by atoms with Crippen LogP contribution in [0.5, 0.6) is 0 Å². The second-order valence-corrected chi connectivity index (χ2v) is 4.51. The zero-order chi connectivity index (χ0) is 9.19. The molecule has 12 heavy (non-hydrogen) atoms. The fourth-order valence-corrected chi connectivity index (χ4v) is 1.15. The summed E-state index contributed by atoms with van der Waals surface area (Å²) in [6.07, 6.45) is 3.82. The van der Waals surface area contributed by atoms with Gasteiger partial charge in [-0.3, -0.25) is 4.79 Å². The molecule has 0 unspecified atom stereocenters. The minimum absolute atomic E-state index is 0.122. The number of nitrogens with one attached hydrogen (secondary N) is 1. The van der Waals surface area contributed by atoms with Crippen molar-refractivity contribution in [1.29, 1.82) is 0 Å². The Morgan fingerprint density at radius 1 is 1.50 bits per heavy atom. The molecule has 70 valence electrons. The molecule has 0 heterocycles. The van der Waals surface area contributed by atoms with Crippen molar-refractivity contribution >= 4 is 5.91 Å². The summed E-state index contributed by atoms with van der Waals surface area (Å²) in [5.74, 6) is 0.302. The van der Waals surface area contributed by atoms with Crippen LogP contribution in [0.2, 0.25) is 0 Å². The highest BCUT2D eigenvalue weighted by atomic mass is 16.1. The zero-order valence-electron chi connectivity index (χ0n) is 8.31. The van der Waals surface area contributed by atoms with E-state index in [1.165, 1.54) is 12.8 Å². The third-order valence-electron chi connectivity index (χ3n) is 2.66. The van der Waals surface area contributed by atoms with Crippen molar-refractivity contribution in [3.63, 3.8) is 0 Å². The number of rotatable bonds is 4. The zero-order valence-corrected chi connectivity index (χ0v) is 8.31. The molecule has 2 nitrogen and oxygen atoms in total. The van der Waals surface area contributed by atoms with Crippen LogP contribution < -0.4 is 5.32 Å². The summed E-state index contributed by atoms with van der Waals surface area (Å²) >= 11 is 0. The molecule has 0 aromatic rings. The summed E-state index contributed by atoms with van der Waals surface area (Å²) in [7, 11) is 0. The van der Waals surface area contributed by atoms with Gasteiger partial charge in [-0.05, 0) is 24.7 Å². The lowest BCUT2D eigenvalue weighted by Crippen LogP contribution is -2.29. The van der Waals surface area contributed by atoms with Gasteiger partial charge in [-0.1, -0.05) is 20.8 Å². The maximum atomic E-state index is 11.1. The first kappa shape index (κ1) is 9.56. The molecule has 0 aliphatic heterocycles. The second kappa shape index (κ2) is 3.46. The molecule has 1 rings (SSSR count). The van der Waals surface area contributed by atoms with Crippen molar-refractivity contribution in [1.82, 2.24) is 5.32 Å². The fraction of sp³-hybridized carbons (Fsp3) is 0.900. The first-order chi connectivity index (χ1) is 5.53. The van der Waals surface area contributed by atoms with Crippen molar-refractivity contribution in [3.05, 3.63) is 0 Å². The first-order valence-electron chi connectivity index (χ1n) is 4.81. The van der Waals surface area contributed by atoms with Crippen molar-refractivity contribution in [3.8, 4) is 0 Å². The summed E-state index contributed by atoms with van der Waals surface area (Å²) in [5.41, 5.74) is 0.560. The van der Waals surface area contributed by atoms with Gasteiger partial charge < -0.3 is 5.32 Å². The Balaban J connectivity index is 2.06. The second-order valence-electron chi connectivity index (χ2n) is 4.51. The topological polar surface area (TPSA) is 29.1 Å². The molecule has 1 aliphatic carbocycles. The van der Waals surface area contributed by atoms with E-state index in [2.05, 4.69) is 12.2 Å². The van der Waals surface area contributed by atoms with Crippen molar-refractivity contribution in [2.45, 2.75) is 40.0 Å². The van der Waals surface area contributed by atoms with E-state index in [-0.39, 0.29) is 11.8 Å². The molecule has 1 fully saturated rings. The SMILES string of the molecule is CC(C)C(=O)NCCC1(C)CC1. The Morgan fingerprint density at radius 2 is 2.08 bits per heavy atom. The number of amides is 1. The molecule has 0 atom stereocenters. The minimum atomic E-state index is 0.122. The highest BCUT2D eigenvalue weighted by Crippen LogP contribution is 2.47. The number of hydrogen-bond donors (Lipinski definition) is 1. The lowest BCUT2D eigenvalue weighted by Gasteiger charge is -2.10. The predicted octanol–water partition coefficient (Wildman–Crippen LogP) is 1.95. The summed E-state index contributed by atoms with van der Waals surface area (Å²) in [4.78, 5) is 11.1. The van der Waals surface area contributed by atoms with Gasteiger partial charge in [-0.2, -0.15) is 0 Å². The minimum Gasteiger partial charge on any atom is -0.356 e. The van der Waals surface area contributed by atoms with Crippen LogP contribution in [-0.4, -0.2) is 12.5 Å². The van der Waals surface area contributed by atoms with Crippen LogP contribution in [-0.2, 0) is 4.79 Å². The van der Waals surface area contributed by atoms with Gasteiger partial charge in [0, 0.05) is 12.5 Å². The molecule has 0 saturated heterocycles. The van der Waals surface area contributed by atoms with Gasteiger partial charge in [0.05, 0.1) is 0 Å². The molecule has 0 bridgehead atoms. The van der Waals surface area contributed by atoms with Gasteiger partial charge in [0.1, 0.15) is 0 Å². The number of hydrogen-bond acceptors (Lipinski definition) is 1. The Kier molecular flexibility index (Phi) is 2.76. The Labute approximate surface area is 74.7 Å². The molecular formula is C10H19NO. The van der Waals surface area contributed by atoms with Crippen molar-refractivity contribution in [2.24, 2.45) is 11.3 Å². The van der Waals surface area contributed by atoms with E-state index < -0.39 is 0 Å². The normalized spacial score (nSPS) is 19.3. The highest BCUT2D eigenvalue weighted by molar-refractivity contribution is 5.77. The van der Waals surface area contributed by atoms with Gasteiger partial charge in [-0.25, -0.2) is 0 Å². The molecule has 1 amide bonds. The summed E-state index contributed by atoms with van der Waals surface area (Å²) in [6, 6.07) is 0. The number of carbonyl (C=O) groups is 1. The summed E-state index contributed by atoms with van der Waals surface area (Å²) < 4.78 is 0. The molecule has 2 heteroatoms. The monoisotopic (exact) mass is 169 g/mol. The molecular weight excluding hydrogens is 150 g/mol. The lowest BCUT2D eigenvalue weighted by atomic mass is 10.1. The molecule has 0 radical (unpaired) electrons. The molecule has 0 spiro atoms. The Hall–Kier alpha value is -0.530. The van der Waals surface area contributed by atoms with Crippen LogP contribution in [0.25, 0.3) is 0 Å². The molecule has 1 aliphatic rings. The largest absolute Gasteiger partial charge is 0.356 e. The number of carbonyl (C=O) groups excluding carboxylic acids is 1. The van der Waals surface area contributed by atoms with E-state index in [1.807, 2.05) is 13.8 Å². The first-order valence-corrected chi connectivity index (χ1v) is 4.81. The van der Waals surface area contributed by atoms with Gasteiger partial charge in [-0.15, -0.1) is 0 Å². The van der Waals surface area contributed by atoms with Gasteiger partial charge in [0.2, 0.25) is 5.91 Å². The van der Waals surface area contributed by atoms with Crippen LogP contribution in [0.3, 0.4) is 0 Å². The summed E-state index contributed by atoms with van der Waals surface area (Å²) in [5, 5.41) is 2.94. The van der Waals surface area contributed by atoms with Gasteiger partial charge in [0.15, 0.2) is 0 Å². The smallest absolute Gasteiger partial charge is 0.222 e. The van der Waals surface area contributed by atoms with Crippen LogP contribution in [0.4, 0.5) is 0 Å². The Morgan fingerprint density at radius 3 is 2.50 bits per heavy atom. The standard InChI is InChI=1S/C10H19NO/c1-8(2)9(12)11-7-6-10(3)4-5-10/h8H,4-7H2,1-3H3,(H,11,12). The van der Waals surface area contributed by atoms with E-state index in [0.29, 0.717) is 5.41 Å². The molecule has 1 N–H and O–H groups in total. The van der Waals surface area contributed by atoms with E-state index in [4.69, 9.17) is 0 Å². The van der Waals surface area contributed by atoms with Gasteiger partial charge >= 0.3 is 0 Å².